The van der Waals surface area contributed by atoms with Crippen LogP contribution in [0.3, 0.4) is 0 Å². The summed E-state index contributed by atoms with van der Waals surface area (Å²) >= 11 is 0. The molecular weight excluding hydrogens is 372 g/mol. The van der Waals surface area contributed by atoms with Gasteiger partial charge in [0.2, 0.25) is 0 Å². The zero-order valence-electron chi connectivity index (χ0n) is 15.0. The van der Waals surface area contributed by atoms with E-state index in [9.17, 15) is 23.5 Å². The molecule has 2 aromatic rings. The van der Waals surface area contributed by atoms with Crippen LogP contribution in [-0.4, -0.2) is 48.7 Å². The second kappa shape index (κ2) is 8.24. The van der Waals surface area contributed by atoms with Gasteiger partial charge < -0.3 is 19.5 Å². The molecule has 0 spiro atoms. The first-order valence-corrected chi connectivity index (χ1v) is 8.60. The van der Waals surface area contributed by atoms with Crippen molar-refractivity contribution in [2.24, 2.45) is 5.92 Å². The first-order chi connectivity index (χ1) is 13.4. The zero-order chi connectivity index (χ0) is 20.3. The van der Waals surface area contributed by atoms with E-state index in [1.54, 1.807) is 0 Å². The number of hydrogen-bond acceptors (Lipinski definition) is 4. The van der Waals surface area contributed by atoms with E-state index < -0.39 is 24.4 Å². The summed E-state index contributed by atoms with van der Waals surface area (Å²) in [5.74, 6) is -2.72. The van der Waals surface area contributed by atoms with Crippen molar-refractivity contribution in [3.8, 4) is 11.5 Å². The summed E-state index contributed by atoms with van der Waals surface area (Å²) in [6, 6.07) is 13.1. The number of likely N-dealkylation sites (tertiary alicyclic amines) is 1. The Hall–Kier alpha value is -3.16. The highest BCUT2D eigenvalue weighted by Crippen LogP contribution is 2.35. The van der Waals surface area contributed by atoms with Crippen molar-refractivity contribution < 1.29 is 33.0 Å². The fourth-order valence-electron chi connectivity index (χ4n) is 3.44. The number of ether oxygens (including phenoxy) is 2. The average molecular weight is 391 g/mol. The van der Waals surface area contributed by atoms with E-state index in [4.69, 9.17) is 4.74 Å². The molecule has 0 unspecified atom stereocenters. The number of nitrogens with zero attached hydrogens (tertiary/aromatic N) is 1. The number of aliphatic carboxylic acids is 1. The number of benzene rings is 2. The van der Waals surface area contributed by atoms with Gasteiger partial charge in [-0.1, -0.05) is 30.3 Å². The van der Waals surface area contributed by atoms with Crippen LogP contribution in [0.1, 0.15) is 21.8 Å². The standard InChI is InChI=1S/C20H19F2NO5/c1-27-16-8-7-13(9-17(16)28-20(21)22)18(24)23-10-14(15(11-23)19(25)26)12-5-3-2-4-6-12/h2-9,14-15,20H,10-11H2,1H3,(H,25,26)/t14-,15-/m0/s1. The first kappa shape index (κ1) is 19.6. The van der Waals surface area contributed by atoms with Gasteiger partial charge in [-0.25, -0.2) is 0 Å². The third-order valence-corrected chi connectivity index (χ3v) is 4.78. The van der Waals surface area contributed by atoms with Gasteiger partial charge in [0.05, 0.1) is 13.0 Å². The number of carbonyl (C=O) groups is 2. The van der Waals surface area contributed by atoms with Crippen molar-refractivity contribution in [1.29, 1.82) is 0 Å². The average Bonchev–Trinajstić information content (AvgIpc) is 3.13. The molecule has 28 heavy (non-hydrogen) atoms. The molecule has 0 saturated carbocycles. The quantitative estimate of drug-likeness (QED) is 0.818. The number of methoxy groups -OCH3 is 1. The maximum absolute atomic E-state index is 12.9. The lowest BCUT2D eigenvalue weighted by molar-refractivity contribution is -0.141. The maximum Gasteiger partial charge on any atom is 0.387 e. The predicted molar refractivity (Wildman–Crippen MR) is 95.8 cm³/mol. The van der Waals surface area contributed by atoms with Crippen LogP contribution in [0.4, 0.5) is 8.78 Å². The van der Waals surface area contributed by atoms with Gasteiger partial charge in [0.25, 0.3) is 5.91 Å². The van der Waals surface area contributed by atoms with E-state index in [1.807, 2.05) is 30.3 Å². The Morgan fingerprint density at radius 2 is 1.82 bits per heavy atom. The molecule has 1 amide bonds. The highest BCUT2D eigenvalue weighted by atomic mass is 19.3. The molecule has 1 heterocycles. The maximum atomic E-state index is 12.9. The highest BCUT2D eigenvalue weighted by molar-refractivity contribution is 5.95. The molecule has 8 heteroatoms. The minimum Gasteiger partial charge on any atom is -0.493 e. The molecular formula is C20H19F2NO5. The molecule has 2 aromatic carbocycles. The summed E-state index contributed by atoms with van der Waals surface area (Å²) < 4.78 is 34.6. The number of alkyl halides is 2. The predicted octanol–water partition coefficient (Wildman–Crippen LogP) is 3.24. The normalized spacial score (nSPS) is 18.9. The SMILES string of the molecule is COc1ccc(C(=O)N2C[C@H](C(=O)O)[C@H](c3ccccc3)C2)cc1OC(F)F. The van der Waals surface area contributed by atoms with Gasteiger partial charge in [-0.05, 0) is 23.8 Å². The van der Waals surface area contributed by atoms with Crippen LogP contribution >= 0.6 is 0 Å². The smallest absolute Gasteiger partial charge is 0.387 e. The Morgan fingerprint density at radius 3 is 2.43 bits per heavy atom. The van der Waals surface area contributed by atoms with E-state index in [2.05, 4.69) is 4.74 Å². The van der Waals surface area contributed by atoms with E-state index >= 15 is 0 Å². The van der Waals surface area contributed by atoms with Crippen molar-refractivity contribution in [2.45, 2.75) is 12.5 Å². The molecule has 1 aliphatic rings. The lowest BCUT2D eigenvalue weighted by Gasteiger charge is -2.18. The van der Waals surface area contributed by atoms with Gasteiger partial charge in [0.15, 0.2) is 11.5 Å². The van der Waals surface area contributed by atoms with E-state index in [0.717, 1.165) is 5.56 Å². The number of carboxylic acid groups (broad SMARTS) is 1. The summed E-state index contributed by atoms with van der Waals surface area (Å²) in [6.07, 6.45) is 0. The topological polar surface area (TPSA) is 76.1 Å². The highest BCUT2D eigenvalue weighted by Gasteiger charge is 2.40. The molecule has 1 N–H and O–H groups in total. The third-order valence-electron chi connectivity index (χ3n) is 4.78. The van der Waals surface area contributed by atoms with Crippen LogP contribution in [0, 0.1) is 5.92 Å². The minimum atomic E-state index is -3.06. The van der Waals surface area contributed by atoms with Gasteiger partial charge in [0, 0.05) is 24.6 Å². The number of carboxylic acids is 1. The fourth-order valence-corrected chi connectivity index (χ4v) is 3.44. The molecule has 0 aliphatic carbocycles. The number of halogens is 2. The third kappa shape index (κ3) is 4.05. The van der Waals surface area contributed by atoms with E-state index in [-0.39, 0.29) is 36.1 Å². The zero-order valence-corrected chi connectivity index (χ0v) is 15.0. The van der Waals surface area contributed by atoms with Gasteiger partial charge in [-0.15, -0.1) is 0 Å². The summed E-state index contributed by atoms with van der Waals surface area (Å²) in [7, 11) is 1.30. The van der Waals surface area contributed by atoms with Gasteiger partial charge in [-0.2, -0.15) is 8.78 Å². The molecule has 0 aromatic heterocycles. The lowest BCUT2D eigenvalue weighted by atomic mass is 9.89. The van der Waals surface area contributed by atoms with Gasteiger partial charge >= 0.3 is 12.6 Å². The number of amides is 1. The molecule has 1 aliphatic heterocycles. The molecule has 1 fully saturated rings. The van der Waals surface area contributed by atoms with Crippen LogP contribution in [-0.2, 0) is 4.79 Å². The van der Waals surface area contributed by atoms with Crippen molar-refractivity contribution in [2.75, 3.05) is 20.2 Å². The molecule has 0 radical (unpaired) electrons. The Labute approximate surface area is 160 Å². The molecule has 1 saturated heterocycles. The summed E-state index contributed by atoms with van der Waals surface area (Å²) in [5, 5.41) is 9.57. The molecule has 0 bridgehead atoms. The number of hydrogen-bond donors (Lipinski definition) is 1. The first-order valence-electron chi connectivity index (χ1n) is 8.60. The Bertz CT molecular complexity index is 859. The Balaban J connectivity index is 1.85. The second-order valence-corrected chi connectivity index (χ2v) is 6.42. The van der Waals surface area contributed by atoms with Gasteiger partial charge in [-0.3, -0.25) is 9.59 Å². The summed E-state index contributed by atoms with van der Waals surface area (Å²) in [6.45, 7) is -2.81. The van der Waals surface area contributed by atoms with Crippen LogP contribution in [0.2, 0.25) is 0 Å². The van der Waals surface area contributed by atoms with Crippen molar-refractivity contribution >= 4 is 11.9 Å². The van der Waals surface area contributed by atoms with Crippen LogP contribution in [0.15, 0.2) is 48.5 Å². The second-order valence-electron chi connectivity index (χ2n) is 6.42. The molecule has 6 nitrogen and oxygen atoms in total. The summed E-state index contributed by atoms with van der Waals surface area (Å²) in [4.78, 5) is 26.0. The molecule has 148 valence electrons. The van der Waals surface area contributed by atoms with E-state index in [0.29, 0.717) is 0 Å². The van der Waals surface area contributed by atoms with Crippen molar-refractivity contribution in [3.05, 3.63) is 59.7 Å². The number of carbonyl (C=O) groups excluding carboxylic acids is 1. The lowest BCUT2D eigenvalue weighted by Crippen LogP contribution is -2.30. The van der Waals surface area contributed by atoms with Gasteiger partial charge in [0.1, 0.15) is 0 Å². The van der Waals surface area contributed by atoms with E-state index in [1.165, 1.54) is 30.2 Å². The molecule has 3 rings (SSSR count). The van der Waals surface area contributed by atoms with Crippen molar-refractivity contribution in [3.63, 3.8) is 0 Å². The van der Waals surface area contributed by atoms with Crippen LogP contribution in [0.25, 0.3) is 0 Å². The Kier molecular flexibility index (Phi) is 5.77. The van der Waals surface area contributed by atoms with Crippen molar-refractivity contribution in [1.82, 2.24) is 4.90 Å². The molecule has 2 atom stereocenters. The monoisotopic (exact) mass is 391 g/mol. The largest absolute Gasteiger partial charge is 0.493 e. The number of rotatable bonds is 6. The fraction of sp³-hybridized carbons (Fsp3) is 0.300. The Morgan fingerprint density at radius 1 is 1.11 bits per heavy atom. The minimum absolute atomic E-state index is 0.0325. The summed E-state index contributed by atoms with van der Waals surface area (Å²) in [5.41, 5.74) is 0.955. The van der Waals surface area contributed by atoms with Crippen LogP contribution in [0.5, 0.6) is 11.5 Å². The van der Waals surface area contributed by atoms with Crippen LogP contribution < -0.4 is 9.47 Å².